The maximum absolute atomic E-state index is 9.15. The molecule has 90 valence electrons. The smallest absolute Gasteiger partial charge is 0.203 e. The van der Waals surface area contributed by atoms with Crippen molar-refractivity contribution in [1.29, 1.82) is 0 Å². The van der Waals surface area contributed by atoms with Crippen LogP contribution in [0.15, 0.2) is 18.2 Å². The van der Waals surface area contributed by atoms with Crippen LogP contribution in [0, 0.1) is 0 Å². The van der Waals surface area contributed by atoms with Gasteiger partial charge in [0.2, 0.25) is 5.75 Å². The van der Waals surface area contributed by atoms with Gasteiger partial charge in [-0.1, -0.05) is 6.07 Å². The average molecular weight is 226 g/mol. The number of para-hydroxylation sites is 1. The summed E-state index contributed by atoms with van der Waals surface area (Å²) in [5.41, 5.74) is -0.653. The van der Waals surface area contributed by atoms with Crippen molar-refractivity contribution in [1.82, 2.24) is 0 Å². The van der Waals surface area contributed by atoms with E-state index in [1.165, 1.54) is 0 Å². The first-order valence-electron chi connectivity index (χ1n) is 5.05. The standard InChI is InChI=1S/C12H18O4/c1-12(2,8-13)16-10-7-5-6-9(14-3)11(10)15-4/h5-7,13H,8H2,1-4H3. The molecule has 0 aromatic heterocycles. The summed E-state index contributed by atoms with van der Waals surface area (Å²) in [7, 11) is 3.12. The van der Waals surface area contributed by atoms with Crippen LogP contribution in [0.1, 0.15) is 13.8 Å². The van der Waals surface area contributed by atoms with E-state index in [0.717, 1.165) is 0 Å². The van der Waals surface area contributed by atoms with Crippen molar-refractivity contribution in [3.8, 4) is 17.2 Å². The van der Waals surface area contributed by atoms with Crippen molar-refractivity contribution in [2.24, 2.45) is 0 Å². The average Bonchev–Trinajstić information content (AvgIpc) is 2.28. The number of benzene rings is 1. The Morgan fingerprint density at radius 1 is 1.12 bits per heavy atom. The highest BCUT2D eigenvalue weighted by Gasteiger charge is 2.21. The zero-order valence-corrected chi connectivity index (χ0v) is 10.1. The molecule has 0 fully saturated rings. The van der Waals surface area contributed by atoms with Crippen molar-refractivity contribution in [2.75, 3.05) is 20.8 Å². The van der Waals surface area contributed by atoms with E-state index in [-0.39, 0.29) is 6.61 Å². The second-order valence-corrected chi connectivity index (χ2v) is 4.01. The third-order valence-electron chi connectivity index (χ3n) is 2.13. The second kappa shape index (κ2) is 5.07. The number of hydrogen-bond donors (Lipinski definition) is 1. The molecule has 0 saturated heterocycles. The summed E-state index contributed by atoms with van der Waals surface area (Å²) in [5, 5.41) is 9.15. The van der Waals surface area contributed by atoms with Gasteiger partial charge in [0.05, 0.1) is 20.8 Å². The van der Waals surface area contributed by atoms with E-state index in [9.17, 15) is 0 Å². The van der Waals surface area contributed by atoms with Gasteiger partial charge in [0.1, 0.15) is 5.60 Å². The molecule has 1 aromatic carbocycles. The predicted octanol–water partition coefficient (Wildman–Crippen LogP) is 1.85. The van der Waals surface area contributed by atoms with Gasteiger partial charge < -0.3 is 19.3 Å². The molecule has 0 unspecified atom stereocenters. The van der Waals surface area contributed by atoms with E-state index in [1.54, 1.807) is 40.2 Å². The Balaban J connectivity index is 3.04. The normalized spacial score (nSPS) is 11.1. The minimum atomic E-state index is -0.653. The van der Waals surface area contributed by atoms with Crippen LogP contribution in [0.2, 0.25) is 0 Å². The molecule has 0 aliphatic heterocycles. The van der Waals surface area contributed by atoms with Crippen molar-refractivity contribution < 1.29 is 19.3 Å². The number of methoxy groups -OCH3 is 2. The minimum Gasteiger partial charge on any atom is -0.493 e. The van der Waals surface area contributed by atoms with Crippen molar-refractivity contribution in [3.05, 3.63) is 18.2 Å². The zero-order valence-electron chi connectivity index (χ0n) is 10.1. The Morgan fingerprint density at radius 2 is 1.75 bits per heavy atom. The van der Waals surface area contributed by atoms with Gasteiger partial charge in [0, 0.05) is 0 Å². The highest BCUT2D eigenvalue weighted by atomic mass is 16.5. The lowest BCUT2D eigenvalue weighted by Crippen LogP contribution is -2.32. The first-order valence-corrected chi connectivity index (χ1v) is 5.05. The van der Waals surface area contributed by atoms with Gasteiger partial charge in [-0.25, -0.2) is 0 Å². The first kappa shape index (κ1) is 12.6. The number of ether oxygens (including phenoxy) is 3. The molecule has 0 aliphatic carbocycles. The van der Waals surface area contributed by atoms with E-state index in [1.807, 2.05) is 6.07 Å². The van der Waals surface area contributed by atoms with Crippen LogP contribution in [0.5, 0.6) is 17.2 Å². The second-order valence-electron chi connectivity index (χ2n) is 4.01. The van der Waals surface area contributed by atoms with Crippen LogP contribution in [-0.2, 0) is 0 Å². The van der Waals surface area contributed by atoms with Gasteiger partial charge in [-0.15, -0.1) is 0 Å². The lowest BCUT2D eigenvalue weighted by molar-refractivity contribution is 0.0387. The van der Waals surface area contributed by atoms with Gasteiger partial charge in [-0.2, -0.15) is 0 Å². The van der Waals surface area contributed by atoms with E-state index in [4.69, 9.17) is 19.3 Å². The molecule has 0 atom stereocenters. The topological polar surface area (TPSA) is 47.9 Å². The Bertz CT molecular complexity index is 347. The lowest BCUT2D eigenvalue weighted by atomic mass is 10.1. The molecule has 0 heterocycles. The Hall–Kier alpha value is -1.42. The summed E-state index contributed by atoms with van der Waals surface area (Å²) in [4.78, 5) is 0. The molecule has 0 radical (unpaired) electrons. The quantitative estimate of drug-likeness (QED) is 0.832. The number of aliphatic hydroxyl groups excluding tert-OH is 1. The lowest BCUT2D eigenvalue weighted by Gasteiger charge is -2.25. The summed E-state index contributed by atoms with van der Waals surface area (Å²) in [6.07, 6.45) is 0. The largest absolute Gasteiger partial charge is 0.493 e. The Labute approximate surface area is 95.8 Å². The number of hydrogen-bond acceptors (Lipinski definition) is 4. The molecule has 4 nitrogen and oxygen atoms in total. The summed E-state index contributed by atoms with van der Waals surface area (Å²) in [6.45, 7) is 3.52. The molecular formula is C12H18O4. The molecular weight excluding hydrogens is 208 g/mol. The highest BCUT2D eigenvalue weighted by molar-refractivity contribution is 5.51. The van der Waals surface area contributed by atoms with Gasteiger partial charge in [-0.05, 0) is 26.0 Å². The van der Waals surface area contributed by atoms with Crippen LogP contribution in [0.3, 0.4) is 0 Å². The summed E-state index contributed by atoms with van der Waals surface area (Å²) in [5.74, 6) is 1.70. The van der Waals surface area contributed by atoms with Crippen molar-refractivity contribution >= 4 is 0 Å². The summed E-state index contributed by atoms with van der Waals surface area (Å²) >= 11 is 0. The molecule has 0 amide bonds. The fourth-order valence-electron chi connectivity index (χ4n) is 1.27. The predicted molar refractivity (Wildman–Crippen MR) is 61.3 cm³/mol. The summed E-state index contributed by atoms with van der Waals surface area (Å²) < 4.78 is 16.0. The molecule has 1 aromatic rings. The molecule has 0 spiro atoms. The van der Waals surface area contributed by atoms with Gasteiger partial charge >= 0.3 is 0 Å². The first-order chi connectivity index (χ1) is 7.54. The molecule has 1 rings (SSSR count). The molecule has 4 heteroatoms. The Morgan fingerprint density at radius 3 is 2.25 bits per heavy atom. The maximum atomic E-state index is 9.15. The van der Waals surface area contributed by atoms with Crippen LogP contribution in [0.4, 0.5) is 0 Å². The molecule has 0 bridgehead atoms. The Kier molecular flexibility index (Phi) is 4.01. The zero-order chi connectivity index (χ0) is 12.2. The van der Waals surface area contributed by atoms with Crippen LogP contribution < -0.4 is 14.2 Å². The fourth-order valence-corrected chi connectivity index (χ4v) is 1.27. The van der Waals surface area contributed by atoms with E-state index in [2.05, 4.69) is 0 Å². The third-order valence-corrected chi connectivity index (χ3v) is 2.13. The number of rotatable bonds is 5. The summed E-state index contributed by atoms with van der Waals surface area (Å²) in [6, 6.07) is 5.38. The monoisotopic (exact) mass is 226 g/mol. The fraction of sp³-hybridized carbons (Fsp3) is 0.500. The van der Waals surface area contributed by atoms with Crippen LogP contribution in [0.25, 0.3) is 0 Å². The molecule has 1 N–H and O–H groups in total. The minimum absolute atomic E-state index is 0.0760. The number of aliphatic hydroxyl groups is 1. The SMILES string of the molecule is COc1cccc(OC(C)(C)CO)c1OC. The van der Waals surface area contributed by atoms with Gasteiger partial charge in [0.15, 0.2) is 11.5 Å². The van der Waals surface area contributed by atoms with Crippen LogP contribution in [-0.4, -0.2) is 31.5 Å². The third kappa shape index (κ3) is 2.79. The molecule has 0 aliphatic rings. The van der Waals surface area contributed by atoms with Crippen molar-refractivity contribution in [3.63, 3.8) is 0 Å². The van der Waals surface area contributed by atoms with E-state index >= 15 is 0 Å². The van der Waals surface area contributed by atoms with E-state index < -0.39 is 5.60 Å². The highest BCUT2D eigenvalue weighted by Crippen LogP contribution is 2.38. The van der Waals surface area contributed by atoms with E-state index in [0.29, 0.717) is 17.2 Å². The molecule has 0 saturated carbocycles. The van der Waals surface area contributed by atoms with Crippen LogP contribution >= 0.6 is 0 Å². The maximum Gasteiger partial charge on any atom is 0.203 e. The molecule has 16 heavy (non-hydrogen) atoms. The van der Waals surface area contributed by atoms with Gasteiger partial charge in [0.25, 0.3) is 0 Å². The van der Waals surface area contributed by atoms with Gasteiger partial charge in [-0.3, -0.25) is 0 Å². The van der Waals surface area contributed by atoms with Crippen molar-refractivity contribution in [2.45, 2.75) is 19.4 Å².